The molecule has 0 radical (unpaired) electrons. The van der Waals surface area contributed by atoms with Crippen LogP contribution >= 0.6 is 11.6 Å². The molecule has 3 heteroatoms. The van der Waals surface area contributed by atoms with Crippen LogP contribution in [0.15, 0.2) is 42.6 Å². The fraction of sp³-hybridized carbons (Fsp3) is 0.143. The second kappa shape index (κ2) is 5.11. The number of aromatic nitrogens is 1. The number of benzene rings is 1. The normalized spacial score (nSPS) is 10.2. The van der Waals surface area contributed by atoms with Crippen molar-refractivity contribution in [1.82, 2.24) is 4.98 Å². The van der Waals surface area contributed by atoms with Gasteiger partial charge in [-0.05, 0) is 42.8 Å². The molecule has 0 N–H and O–H groups in total. The molecule has 86 valence electrons. The SMILES string of the molecule is CCc1ccc(C(=O)c2ccc(Cl)cc2)cn1. The summed E-state index contributed by atoms with van der Waals surface area (Å²) < 4.78 is 0. The van der Waals surface area contributed by atoms with E-state index in [4.69, 9.17) is 11.6 Å². The molecule has 0 unspecified atom stereocenters. The summed E-state index contributed by atoms with van der Waals surface area (Å²) in [5, 5.41) is 0.626. The summed E-state index contributed by atoms with van der Waals surface area (Å²) in [6.07, 6.45) is 2.49. The lowest BCUT2D eigenvalue weighted by Gasteiger charge is -2.02. The zero-order valence-electron chi connectivity index (χ0n) is 9.48. The number of aryl methyl sites for hydroxylation is 1. The highest BCUT2D eigenvalue weighted by Gasteiger charge is 2.08. The van der Waals surface area contributed by atoms with E-state index in [1.165, 1.54) is 0 Å². The van der Waals surface area contributed by atoms with Crippen molar-refractivity contribution in [2.45, 2.75) is 13.3 Å². The number of carbonyl (C=O) groups excluding carboxylic acids is 1. The van der Waals surface area contributed by atoms with Crippen molar-refractivity contribution in [3.05, 3.63) is 64.4 Å². The van der Waals surface area contributed by atoms with Crippen molar-refractivity contribution in [2.24, 2.45) is 0 Å². The van der Waals surface area contributed by atoms with Crippen LogP contribution < -0.4 is 0 Å². The number of carbonyl (C=O) groups is 1. The van der Waals surface area contributed by atoms with Gasteiger partial charge in [0.2, 0.25) is 0 Å². The van der Waals surface area contributed by atoms with Gasteiger partial charge in [0.05, 0.1) is 0 Å². The number of halogens is 1. The zero-order valence-corrected chi connectivity index (χ0v) is 10.2. The maximum absolute atomic E-state index is 12.1. The minimum Gasteiger partial charge on any atom is -0.289 e. The predicted octanol–water partition coefficient (Wildman–Crippen LogP) is 3.53. The highest BCUT2D eigenvalue weighted by molar-refractivity contribution is 6.30. The van der Waals surface area contributed by atoms with Crippen LogP contribution in [0, 0.1) is 0 Å². The topological polar surface area (TPSA) is 30.0 Å². The molecule has 0 atom stereocenters. The Hall–Kier alpha value is -1.67. The lowest BCUT2D eigenvalue weighted by molar-refractivity contribution is 0.103. The van der Waals surface area contributed by atoms with Crippen LogP contribution in [0.4, 0.5) is 0 Å². The number of hydrogen-bond donors (Lipinski definition) is 0. The summed E-state index contributed by atoms with van der Waals surface area (Å²) in [6.45, 7) is 2.03. The van der Waals surface area contributed by atoms with Gasteiger partial charge in [0.25, 0.3) is 0 Å². The number of hydrogen-bond acceptors (Lipinski definition) is 2. The Morgan fingerprint density at radius 3 is 2.29 bits per heavy atom. The Balaban J connectivity index is 2.27. The van der Waals surface area contributed by atoms with Crippen LogP contribution in [0.5, 0.6) is 0 Å². The highest BCUT2D eigenvalue weighted by atomic mass is 35.5. The lowest BCUT2D eigenvalue weighted by atomic mass is 10.0. The molecule has 1 aromatic heterocycles. The van der Waals surface area contributed by atoms with Gasteiger partial charge in [0, 0.05) is 28.0 Å². The maximum atomic E-state index is 12.1. The van der Waals surface area contributed by atoms with E-state index in [-0.39, 0.29) is 5.78 Å². The Labute approximate surface area is 105 Å². The molecule has 0 saturated carbocycles. The van der Waals surface area contributed by atoms with Gasteiger partial charge in [-0.3, -0.25) is 9.78 Å². The summed E-state index contributed by atoms with van der Waals surface area (Å²) in [6, 6.07) is 10.5. The van der Waals surface area contributed by atoms with E-state index in [0.717, 1.165) is 12.1 Å². The van der Waals surface area contributed by atoms with Crippen molar-refractivity contribution in [2.75, 3.05) is 0 Å². The molecule has 0 saturated heterocycles. The molecule has 1 aromatic carbocycles. The summed E-state index contributed by atoms with van der Waals surface area (Å²) in [5.41, 5.74) is 2.21. The minimum absolute atomic E-state index is 0.0307. The number of rotatable bonds is 3. The fourth-order valence-corrected chi connectivity index (χ4v) is 1.66. The summed E-state index contributed by atoms with van der Waals surface area (Å²) in [7, 11) is 0. The van der Waals surface area contributed by atoms with E-state index in [2.05, 4.69) is 4.98 Å². The average Bonchev–Trinajstić information content (AvgIpc) is 2.39. The molecular formula is C14H12ClNO. The summed E-state index contributed by atoms with van der Waals surface area (Å²) >= 11 is 5.78. The quantitative estimate of drug-likeness (QED) is 0.775. The van der Waals surface area contributed by atoms with Crippen LogP contribution in [-0.4, -0.2) is 10.8 Å². The Bertz CT molecular complexity index is 517. The molecule has 1 heterocycles. The van der Waals surface area contributed by atoms with Crippen LogP contribution in [0.25, 0.3) is 0 Å². The molecule has 2 aromatic rings. The van der Waals surface area contributed by atoms with Crippen molar-refractivity contribution < 1.29 is 4.79 Å². The van der Waals surface area contributed by atoms with E-state index >= 15 is 0 Å². The summed E-state index contributed by atoms with van der Waals surface area (Å²) in [5.74, 6) is -0.0307. The van der Waals surface area contributed by atoms with Gasteiger partial charge in [-0.25, -0.2) is 0 Å². The van der Waals surface area contributed by atoms with E-state index in [1.807, 2.05) is 19.1 Å². The largest absolute Gasteiger partial charge is 0.289 e. The van der Waals surface area contributed by atoms with E-state index in [0.29, 0.717) is 16.1 Å². The van der Waals surface area contributed by atoms with E-state index in [1.54, 1.807) is 30.5 Å². The molecule has 0 bridgehead atoms. The smallest absolute Gasteiger partial charge is 0.194 e. The van der Waals surface area contributed by atoms with Gasteiger partial charge in [-0.1, -0.05) is 18.5 Å². The van der Waals surface area contributed by atoms with E-state index < -0.39 is 0 Å². The fourth-order valence-electron chi connectivity index (χ4n) is 1.54. The highest BCUT2D eigenvalue weighted by Crippen LogP contribution is 2.13. The molecule has 0 amide bonds. The molecule has 2 rings (SSSR count). The third kappa shape index (κ3) is 2.71. The third-order valence-corrected chi connectivity index (χ3v) is 2.81. The monoisotopic (exact) mass is 245 g/mol. The second-order valence-corrected chi connectivity index (χ2v) is 4.16. The Morgan fingerprint density at radius 1 is 1.12 bits per heavy atom. The van der Waals surface area contributed by atoms with Gasteiger partial charge >= 0.3 is 0 Å². The molecule has 0 fully saturated rings. The second-order valence-electron chi connectivity index (χ2n) is 3.73. The molecule has 0 spiro atoms. The zero-order chi connectivity index (χ0) is 12.3. The van der Waals surface area contributed by atoms with Crippen molar-refractivity contribution in [3.8, 4) is 0 Å². The lowest BCUT2D eigenvalue weighted by Crippen LogP contribution is -2.02. The van der Waals surface area contributed by atoms with Crippen LogP contribution in [0.2, 0.25) is 5.02 Å². The van der Waals surface area contributed by atoms with Crippen LogP contribution in [0.1, 0.15) is 28.5 Å². The molecule has 2 nitrogen and oxygen atoms in total. The molecule has 17 heavy (non-hydrogen) atoms. The third-order valence-electron chi connectivity index (χ3n) is 2.56. The van der Waals surface area contributed by atoms with Gasteiger partial charge in [0.15, 0.2) is 5.78 Å². The first-order chi connectivity index (χ1) is 8.20. The Kier molecular flexibility index (Phi) is 3.55. The molecular weight excluding hydrogens is 234 g/mol. The van der Waals surface area contributed by atoms with Crippen LogP contribution in [0.3, 0.4) is 0 Å². The number of pyridine rings is 1. The number of ketones is 1. The van der Waals surface area contributed by atoms with Gasteiger partial charge in [-0.15, -0.1) is 0 Å². The van der Waals surface area contributed by atoms with Crippen molar-refractivity contribution >= 4 is 17.4 Å². The standard InChI is InChI=1S/C14H12ClNO/c1-2-13-8-5-11(9-16-13)14(17)10-3-6-12(15)7-4-10/h3-9H,2H2,1H3. The maximum Gasteiger partial charge on any atom is 0.194 e. The molecule has 0 aliphatic carbocycles. The van der Waals surface area contributed by atoms with Crippen molar-refractivity contribution in [1.29, 1.82) is 0 Å². The van der Waals surface area contributed by atoms with Crippen LogP contribution in [-0.2, 0) is 6.42 Å². The van der Waals surface area contributed by atoms with E-state index in [9.17, 15) is 4.79 Å². The minimum atomic E-state index is -0.0307. The predicted molar refractivity (Wildman–Crippen MR) is 68.5 cm³/mol. The first kappa shape index (κ1) is 11.8. The molecule has 0 aliphatic rings. The van der Waals surface area contributed by atoms with Gasteiger partial charge in [0.1, 0.15) is 0 Å². The average molecular weight is 246 g/mol. The molecule has 0 aliphatic heterocycles. The van der Waals surface area contributed by atoms with Gasteiger partial charge in [-0.2, -0.15) is 0 Å². The van der Waals surface area contributed by atoms with Crippen molar-refractivity contribution in [3.63, 3.8) is 0 Å². The first-order valence-corrected chi connectivity index (χ1v) is 5.83. The van der Waals surface area contributed by atoms with Gasteiger partial charge < -0.3 is 0 Å². The number of nitrogens with zero attached hydrogens (tertiary/aromatic N) is 1. The summed E-state index contributed by atoms with van der Waals surface area (Å²) in [4.78, 5) is 16.3. The Morgan fingerprint density at radius 2 is 1.76 bits per heavy atom. The first-order valence-electron chi connectivity index (χ1n) is 5.46.